The molecule has 1 atom stereocenters. The molecule has 56 valence electrons. The lowest BCUT2D eigenvalue weighted by molar-refractivity contribution is 0.201. The van der Waals surface area contributed by atoms with Crippen molar-refractivity contribution in [1.82, 2.24) is 4.98 Å². The molecule has 0 radical (unpaired) electrons. The second kappa shape index (κ2) is 3.80. The van der Waals surface area contributed by atoms with Crippen molar-refractivity contribution in [1.29, 1.82) is 0 Å². The van der Waals surface area contributed by atoms with Crippen molar-refractivity contribution >= 4 is 43.2 Å². The Balaban J connectivity index is 2.74. The molecule has 1 aromatic heterocycles. The molecule has 10 heavy (non-hydrogen) atoms. The summed E-state index contributed by atoms with van der Waals surface area (Å²) in [4.78, 5) is 4.04. The first-order valence-electron chi connectivity index (χ1n) is 2.59. The molecule has 0 spiro atoms. The Labute approximate surface area is 79.6 Å². The summed E-state index contributed by atoms with van der Waals surface area (Å²) in [5.41, 5.74) is 0.716. The summed E-state index contributed by atoms with van der Waals surface area (Å²) in [6.07, 6.45) is -0.484. The molecule has 0 aliphatic heterocycles. The second-order valence-corrected chi connectivity index (χ2v) is 4.48. The molecular formula is C5H5Br2NOS. The zero-order valence-corrected chi connectivity index (χ0v) is 8.91. The molecule has 2 nitrogen and oxygen atoms in total. The summed E-state index contributed by atoms with van der Waals surface area (Å²) in [6, 6.07) is 0. The Morgan fingerprint density at radius 3 is 2.90 bits per heavy atom. The molecule has 0 bridgehead atoms. The van der Waals surface area contributed by atoms with Gasteiger partial charge in [0.2, 0.25) is 0 Å². The number of nitrogens with zero attached hydrogens (tertiary/aromatic N) is 1. The van der Waals surface area contributed by atoms with Crippen LogP contribution in [0, 0.1) is 0 Å². The van der Waals surface area contributed by atoms with Gasteiger partial charge in [0.1, 0.15) is 6.10 Å². The van der Waals surface area contributed by atoms with Gasteiger partial charge in [-0.3, -0.25) is 0 Å². The van der Waals surface area contributed by atoms with E-state index in [1.807, 2.05) is 5.38 Å². The van der Waals surface area contributed by atoms with E-state index in [2.05, 4.69) is 36.8 Å². The van der Waals surface area contributed by atoms with E-state index in [9.17, 15) is 5.11 Å². The highest BCUT2D eigenvalue weighted by Crippen LogP contribution is 2.21. The normalized spacial score (nSPS) is 13.5. The molecule has 5 heteroatoms. The Hall–Kier alpha value is 0.550. The van der Waals surface area contributed by atoms with Gasteiger partial charge in [-0.05, 0) is 15.9 Å². The van der Waals surface area contributed by atoms with Gasteiger partial charge in [0.25, 0.3) is 0 Å². The quantitative estimate of drug-likeness (QED) is 0.847. The number of hydrogen-bond donors (Lipinski definition) is 1. The number of hydrogen-bond acceptors (Lipinski definition) is 3. The topological polar surface area (TPSA) is 33.1 Å². The van der Waals surface area contributed by atoms with Crippen LogP contribution in [0.4, 0.5) is 0 Å². The smallest absolute Gasteiger partial charge is 0.159 e. The summed E-state index contributed by atoms with van der Waals surface area (Å²) in [7, 11) is 0. The Kier molecular flexibility index (Phi) is 3.29. The molecule has 0 aliphatic carbocycles. The third-order valence-electron chi connectivity index (χ3n) is 0.981. The van der Waals surface area contributed by atoms with Gasteiger partial charge >= 0.3 is 0 Å². The van der Waals surface area contributed by atoms with Gasteiger partial charge in [-0.25, -0.2) is 4.98 Å². The third kappa shape index (κ3) is 2.02. The molecular weight excluding hydrogens is 282 g/mol. The van der Waals surface area contributed by atoms with Crippen LogP contribution in [-0.4, -0.2) is 15.4 Å². The van der Waals surface area contributed by atoms with E-state index in [0.29, 0.717) is 11.0 Å². The minimum absolute atomic E-state index is 0.484. The molecule has 1 rings (SSSR count). The first kappa shape index (κ1) is 8.64. The molecule has 1 unspecified atom stereocenters. The number of halogens is 2. The first-order chi connectivity index (χ1) is 4.74. The van der Waals surface area contributed by atoms with Crippen LogP contribution in [-0.2, 0) is 0 Å². The fraction of sp³-hybridized carbons (Fsp3) is 0.400. The van der Waals surface area contributed by atoms with E-state index in [1.165, 1.54) is 11.3 Å². The number of aromatic nitrogens is 1. The fourth-order valence-electron chi connectivity index (χ4n) is 0.495. The van der Waals surface area contributed by atoms with E-state index in [4.69, 9.17) is 0 Å². The molecule has 0 amide bonds. The Bertz CT molecular complexity index is 215. The summed E-state index contributed by atoms with van der Waals surface area (Å²) >= 11 is 7.84. The maximum Gasteiger partial charge on any atom is 0.159 e. The standard InChI is InChI=1S/C5H5Br2NOS/c6-1-4(9)3-2-10-5(7)8-3/h2,4,9H,1H2. The van der Waals surface area contributed by atoms with Gasteiger partial charge in [-0.15, -0.1) is 11.3 Å². The van der Waals surface area contributed by atoms with Crippen LogP contribution in [0.2, 0.25) is 0 Å². The van der Waals surface area contributed by atoms with Crippen molar-refractivity contribution in [3.05, 3.63) is 15.0 Å². The maximum absolute atomic E-state index is 9.22. The SMILES string of the molecule is OC(CBr)c1csc(Br)n1. The zero-order chi connectivity index (χ0) is 7.56. The lowest BCUT2D eigenvalue weighted by atomic mass is 10.3. The monoisotopic (exact) mass is 285 g/mol. The second-order valence-electron chi connectivity index (χ2n) is 1.70. The molecule has 1 N–H and O–H groups in total. The van der Waals surface area contributed by atoms with E-state index in [0.717, 1.165) is 3.92 Å². The number of aliphatic hydroxyl groups excluding tert-OH is 1. The minimum atomic E-state index is -0.484. The predicted molar refractivity (Wildman–Crippen MR) is 48.6 cm³/mol. The third-order valence-corrected chi connectivity index (χ3v) is 2.98. The van der Waals surface area contributed by atoms with E-state index in [-0.39, 0.29) is 0 Å². The minimum Gasteiger partial charge on any atom is -0.386 e. The molecule has 0 fully saturated rings. The molecule has 0 aliphatic rings. The van der Waals surface area contributed by atoms with Crippen molar-refractivity contribution in [2.24, 2.45) is 0 Å². The number of alkyl halides is 1. The molecule has 0 saturated carbocycles. The van der Waals surface area contributed by atoms with Crippen molar-refractivity contribution in [2.45, 2.75) is 6.10 Å². The highest BCUT2D eigenvalue weighted by atomic mass is 79.9. The molecule has 0 aromatic carbocycles. The molecule has 0 saturated heterocycles. The van der Waals surface area contributed by atoms with Crippen LogP contribution in [0.5, 0.6) is 0 Å². The van der Waals surface area contributed by atoms with Crippen LogP contribution in [0.15, 0.2) is 9.30 Å². The predicted octanol–water partition coefficient (Wildman–Crippen LogP) is 2.33. The Morgan fingerprint density at radius 1 is 1.80 bits per heavy atom. The summed E-state index contributed by atoms with van der Waals surface area (Å²) in [6.45, 7) is 0. The van der Waals surface area contributed by atoms with Crippen LogP contribution < -0.4 is 0 Å². The van der Waals surface area contributed by atoms with Gasteiger partial charge in [0.05, 0.1) is 5.69 Å². The van der Waals surface area contributed by atoms with Gasteiger partial charge in [0, 0.05) is 10.7 Å². The van der Waals surface area contributed by atoms with Crippen molar-refractivity contribution < 1.29 is 5.11 Å². The van der Waals surface area contributed by atoms with Crippen molar-refractivity contribution in [3.63, 3.8) is 0 Å². The Morgan fingerprint density at radius 2 is 2.50 bits per heavy atom. The van der Waals surface area contributed by atoms with Crippen LogP contribution in [0.1, 0.15) is 11.8 Å². The largest absolute Gasteiger partial charge is 0.386 e. The highest BCUT2D eigenvalue weighted by molar-refractivity contribution is 9.11. The van der Waals surface area contributed by atoms with Gasteiger partial charge in [-0.2, -0.15) is 0 Å². The molecule has 1 aromatic rings. The zero-order valence-electron chi connectivity index (χ0n) is 4.92. The van der Waals surface area contributed by atoms with Crippen LogP contribution >= 0.6 is 43.2 Å². The number of aliphatic hydroxyl groups is 1. The van der Waals surface area contributed by atoms with Gasteiger partial charge in [0.15, 0.2) is 3.92 Å². The van der Waals surface area contributed by atoms with Gasteiger partial charge in [-0.1, -0.05) is 15.9 Å². The molecule has 1 heterocycles. The maximum atomic E-state index is 9.22. The first-order valence-corrected chi connectivity index (χ1v) is 5.38. The van der Waals surface area contributed by atoms with E-state index < -0.39 is 6.10 Å². The summed E-state index contributed by atoms with van der Waals surface area (Å²) < 4.78 is 0.808. The average Bonchev–Trinajstić information content (AvgIpc) is 2.34. The van der Waals surface area contributed by atoms with Crippen LogP contribution in [0.25, 0.3) is 0 Å². The van der Waals surface area contributed by atoms with E-state index >= 15 is 0 Å². The van der Waals surface area contributed by atoms with Crippen molar-refractivity contribution in [3.8, 4) is 0 Å². The number of rotatable bonds is 2. The highest BCUT2D eigenvalue weighted by Gasteiger charge is 2.08. The average molecular weight is 287 g/mol. The lowest BCUT2D eigenvalue weighted by Gasteiger charge is -1.99. The lowest BCUT2D eigenvalue weighted by Crippen LogP contribution is -1.97. The fourth-order valence-corrected chi connectivity index (χ4v) is 1.90. The van der Waals surface area contributed by atoms with E-state index in [1.54, 1.807) is 0 Å². The summed E-state index contributed by atoms with van der Waals surface area (Å²) in [5.74, 6) is 0. The van der Waals surface area contributed by atoms with Crippen molar-refractivity contribution in [2.75, 3.05) is 5.33 Å². The van der Waals surface area contributed by atoms with Crippen LogP contribution in [0.3, 0.4) is 0 Å². The number of thiazole rings is 1. The summed E-state index contributed by atoms with van der Waals surface area (Å²) in [5, 5.41) is 11.6. The van der Waals surface area contributed by atoms with Gasteiger partial charge < -0.3 is 5.11 Å².